The van der Waals surface area contributed by atoms with Gasteiger partial charge in [0, 0.05) is 38.4 Å². The quantitative estimate of drug-likeness (QED) is 0.434. The fourth-order valence-electron chi connectivity index (χ4n) is 4.56. The SMILES string of the molecule is Cc1ccc(S(=O)(=O)c2nnn3c2[nH]c(=O)c2ccc(N4CCN(CCO)CC4)cc23)c(C)c1. The number of rotatable bonds is 5. The van der Waals surface area contributed by atoms with Crippen LogP contribution in [0, 0.1) is 13.8 Å². The number of hydrogen-bond donors (Lipinski definition) is 2. The van der Waals surface area contributed by atoms with Crippen LogP contribution in [0.2, 0.25) is 0 Å². The number of aliphatic hydroxyl groups excluding tert-OH is 1. The number of piperazine rings is 1. The molecule has 0 aliphatic carbocycles. The van der Waals surface area contributed by atoms with Gasteiger partial charge in [-0.2, -0.15) is 4.52 Å². The van der Waals surface area contributed by atoms with Crippen LogP contribution in [0.3, 0.4) is 0 Å². The molecule has 1 aliphatic heterocycles. The Hall–Kier alpha value is -3.28. The third kappa shape index (κ3) is 3.75. The van der Waals surface area contributed by atoms with Crippen LogP contribution < -0.4 is 10.5 Å². The molecule has 3 heterocycles. The summed E-state index contributed by atoms with van der Waals surface area (Å²) in [7, 11) is -4.00. The minimum atomic E-state index is -4.00. The van der Waals surface area contributed by atoms with Gasteiger partial charge in [0.2, 0.25) is 14.9 Å². The van der Waals surface area contributed by atoms with Crippen molar-refractivity contribution in [3.8, 4) is 0 Å². The van der Waals surface area contributed by atoms with Crippen molar-refractivity contribution in [1.29, 1.82) is 0 Å². The molecule has 1 saturated heterocycles. The van der Waals surface area contributed by atoms with E-state index in [1.54, 1.807) is 31.2 Å². The van der Waals surface area contributed by atoms with E-state index in [0.29, 0.717) is 23.0 Å². The lowest BCUT2D eigenvalue weighted by atomic mass is 10.2. The largest absolute Gasteiger partial charge is 0.395 e. The van der Waals surface area contributed by atoms with Gasteiger partial charge in [0.15, 0.2) is 5.65 Å². The van der Waals surface area contributed by atoms with E-state index in [2.05, 4.69) is 25.1 Å². The average Bonchev–Trinajstić information content (AvgIpc) is 3.24. The summed E-state index contributed by atoms with van der Waals surface area (Å²) in [6.45, 7) is 7.62. The summed E-state index contributed by atoms with van der Waals surface area (Å²) >= 11 is 0. The number of sulfone groups is 1. The minimum absolute atomic E-state index is 0.0439. The number of benzene rings is 2. The molecule has 0 bridgehead atoms. The number of aromatic amines is 1. The van der Waals surface area contributed by atoms with E-state index in [-0.39, 0.29) is 22.2 Å². The molecule has 1 fully saturated rings. The van der Waals surface area contributed by atoms with Crippen LogP contribution in [0.15, 0.2) is 51.1 Å². The van der Waals surface area contributed by atoms with E-state index in [1.165, 1.54) is 4.52 Å². The van der Waals surface area contributed by atoms with E-state index in [1.807, 2.05) is 19.1 Å². The van der Waals surface area contributed by atoms with E-state index in [0.717, 1.165) is 37.4 Å². The number of fused-ring (bicyclic) bond motifs is 3. The standard InChI is InChI=1S/C23H26N6O4S/c1-15-3-6-20(16(2)13-15)34(32,33)23-21-24-22(31)18-5-4-17(14-19(18)29(21)26-25-23)28-9-7-27(8-10-28)11-12-30/h3-6,13-14,30H,7-12H2,1-2H3,(H,24,31). The number of β-amino-alcohol motifs (C(OH)–C–C–N with tert-alkyl or cyclic N) is 1. The summed E-state index contributed by atoms with van der Waals surface area (Å²) in [6.07, 6.45) is 0. The number of aryl methyl sites for hydroxylation is 2. The van der Waals surface area contributed by atoms with Crippen molar-refractivity contribution in [3.05, 3.63) is 57.9 Å². The van der Waals surface area contributed by atoms with Crippen molar-refractivity contribution in [1.82, 2.24) is 24.7 Å². The number of nitrogens with one attached hydrogen (secondary N) is 1. The normalized spacial score (nSPS) is 15.4. The molecule has 1 aliphatic rings. The Kier molecular flexibility index (Phi) is 5.62. The topological polar surface area (TPSA) is 124 Å². The van der Waals surface area contributed by atoms with Gasteiger partial charge in [-0.05, 0) is 43.7 Å². The predicted molar refractivity (Wildman–Crippen MR) is 128 cm³/mol. The molecule has 0 amide bonds. The third-order valence-corrected chi connectivity index (χ3v) is 8.17. The molecule has 11 heteroatoms. The van der Waals surface area contributed by atoms with Gasteiger partial charge in [0.25, 0.3) is 5.56 Å². The monoisotopic (exact) mass is 482 g/mol. The van der Waals surface area contributed by atoms with Gasteiger partial charge in [-0.25, -0.2) is 8.42 Å². The van der Waals surface area contributed by atoms with Crippen molar-refractivity contribution in [2.24, 2.45) is 0 Å². The Labute approximate surface area is 196 Å². The Bertz CT molecular complexity index is 1550. The molecule has 2 aromatic heterocycles. The van der Waals surface area contributed by atoms with Crippen molar-refractivity contribution in [2.45, 2.75) is 23.8 Å². The molecule has 0 atom stereocenters. The highest BCUT2D eigenvalue weighted by molar-refractivity contribution is 7.91. The van der Waals surface area contributed by atoms with Gasteiger partial charge in [-0.3, -0.25) is 9.69 Å². The van der Waals surface area contributed by atoms with Crippen molar-refractivity contribution < 1.29 is 13.5 Å². The molecule has 0 unspecified atom stereocenters. The maximum Gasteiger partial charge on any atom is 0.259 e. The van der Waals surface area contributed by atoms with Crippen LogP contribution in [-0.4, -0.2) is 77.6 Å². The molecule has 10 nitrogen and oxygen atoms in total. The number of anilines is 1. The molecule has 0 saturated carbocycles. The number of aliphatic hydroxyl groups is 1. The van der Waals surface area contributed by atoms with Crippen molar-refractivity contribution in [3.63, 3.8) is 0 Å². The van der Waals surface area contributed by atoms with E-state index in [4.69, 9.17) is 5.11 Å². The number of H-pyrrole nitrogens is 1. The first-order valence-electron chi connectivity index (χ1n) is 11.1. The molecule has 2 N–H and O–H groups in total. The summed E-state index contributed by atoms with van der Waals surface area (Å²) in [4.78, 5) is 20.1. The highest BCUT2D eigenvalue weighted by Gasteiger charge is 2.28. The first kappa shape index (κ1) is 22.5. The van der Waals surface area contributed by atoms with Gasteiger partial charge in [-0.15, -0.1) is 5.10 Å². The molecule has 34 heavy (non-hydrogen) atoms. The second-order valence-electron chi connectivity index (χ2n) is 8.64. The number of aromatic nitrogens is 4. The zero-order valence-corrected chi connectivity index (χ0v) is 19.8. The third-order valence-electron chi connectivity index (χ3n) is 6.35. The summed E-state index contributed by atoms with van der Waals surface area (Å²) in [5.74, 6) is 0. The zero-order chi connectivity index (χ0) is 24.0. The van der Waals surface area contributed by atoms with Gasteiger partial charge in [0.05, 0.1) is 22.4 Å². The fraction of sp³-hybridized carbons (Fsp3) is 0.348. The molecule has 4 aromatic rings. The highest BCUT2D eigenvalue weighted by atomic mass is 32.2. The zero-order valence-electron chi connectivity index (χ0n) is 19.0. The summed E-state index contributed by atoms with van der Waals surface area (Å²) < 4.78 is 28.2. The van der Waals surface area contributed by atoms with Crippen LogP contribution >= 0.6 is 0 Å². The Balaban J connectivity index is 1.60. The lowest BCUT2D eigenvalue weighted by Crippen LogP contribution is -2.47. The van der Waals surface area contributed by atoms with Crippen LogP contribution in [-0.2, 0) is 9.84 Å². The second-order valence-corrected chi connectivity index (χ2v) is 10.5. The lowest BCUT2D eigenvalue weighted by Gasteiger charge is -2.35. The maximum absolute atomic E-state index is 13.4. The van der Waals surface area contributed by atoms with Gasteiger partial charge in [-0.1, -0.05) is 22.9 Å². The predicted octanol–water partition coefficient (Wildman–Crippen LogP) is 1.13. The number of nitrogens with zero attached hydrogens (tertiary/aromatic N) is 5. The Morgan fingerprint density at radius 2 is 1.82 bits per heavy atom. The van der Waals surface area contributed by atoms with E-state index in [9.17, 15) is 13.2 Å². The molecular weight excluding hydrogens is 456 g/mol. The van der Waals surface area contributed by atoms with Crippen molar-refractivity contribution >= 4 is 32.1 Å². The number of hydrogen-bond acceptors (Lipinski definition) is 8. The first-order valence-corrected chi connectivity index (χ1v) is 12.6. The average molecular weight is 483 g/mol. The molecule has 5 rings (SSSR count). The molecule has 178 valence electrons. The molecule has 2 aromatic carbocycles. The Morgan fingerprint density at radius 3 is 2.53 bits per heavy atom. The Morgan fingerprint density at radius 1 is 1.06 bits per heavy atom. The summed E-state index contributed by atoms with van der Waals surface area (Å²) in [5.41, 5.74) is 2.60. The molecule has 0 radical (unpaired) electrons. The minimum Gasteiger partial charge on any atom is -0.395 e. The second kappa shape index (κ2) is 8.49. The van der Waals surface area contributed by atoms with Crippen LogP contribution in [0.25, 0.3) is 16.6 Å². The molecular formula is C23H26N6O4S. The van der Waals surface area contributed by atoms with E-state index < -0.39 is 15.4 Å². The fourth-order valence-corrected chi connectivity index (χ4v) is 6.03. The maximum atomic E-state index is 13.4. The molecule has 0 spiro atoms. The van der Waals surface area contributed by atoms with Crippen molar-refractivity contribution in [2.75, 3.05) is 44.2 Å². The van der Waals surface area contributed by atoms with Crippen LogP contribution in [0.1, 0.15) is 11.1 Å². The summed E-state index contributed by atoms with van der Waals surface area (Å²) in [5, 5.41) is 17.4. The van der Waals surface area contributed by atoms with Gasteiger partial charge >= 0.3 is 0 Å². The smallest absolute Gasteiger partial charge is 0.259 e. The first-order chi connectivity index (χ1) is 16.3. The van der Waals surface area contributed by atoms with Crippen LogP contribution in [0.5, 0.6) is 0 Å². The van der Waals surface area contributed by atoms with Gasteiger partial charge < -0.3 is 15.0 Å². The van der Waals surface area contributed by atoms with Gasteiger partial charge in [0.1, 0.15) is 0 Å². The highest BCUT2D eigenvalue weighted by Crippen LogP contribution is 2.27. The van der Waals surface area contributed by atoms with Crippen LogP contribution in [0.4, 0.5) is 5.69 Å². The summed E-state index contributed by atoms with van der Waals surface area (Å²) in [6, 6.07) is 10.5. The van der Waals surface area contributed by atoms with E-state index >= 15 is 0 Å². The lowest BCUT2D eigenvalue weighted by molar-refractivity contribution is 0.189.